The van der Waals surface area contributed by atoms with Crippen LogP contribution in [0.15, 0.2) is 59.6 Å². The first-order valence-electron chi connectivity index (χ1n) is 10.1. The third-order valence-electron chi connectivity index (χ3n) is 4.76. The number of aromatic nitrogens is 5. The molecule has 4 rings (SSSR count). The van der Waals surface area contributed by atoms with Gasteiger partial charge in [-0.1, -0.05) is 38.1 Å². The highest BCUT2D eigenvalue weighted by molar-refractivity contribution is 5.92. The van der Waals surface area contributed by atoms with Crippen LogP contribution in [0.25, 0.3) is 17.3 Å². The predicted octanol–water partition coefficient (Wildman–Crippen LogP) is 3.55. The zero-order valence-electron chi connectivity index (χ0n) is 18.4. The topological polar surface area (TPSA) is 108 Å². The van der Waals surface area contributed by atoms with E-state index in [0.29, 0.717) is 29.6 Å². The Kier molecular flexibility index (Phi) is 5.72. The maximum atomic E-state index is 12.6. The van der Waals surface area contributed by atoms with Crippen molar-refractivity contribution in [3.63, 3.8) is 0 Å². The van der Waals surface area contributed by atoms with Crippen molar-refractivity contribution in [2.75, 3.05) is 7.11 Å². The quantitative estimate of drug-likeness (QED) is 0.496. The average molecular weight is 432 g/mol. The Bertz CT molecular complexity index is 1240. The minimum absolute atomic E-state index is 0.243. The van der Waals surface area contributed by atoms with Gasteiger partial charge in [0, 0.05) is 24.4 Å². The minimum atomic E-state index is -0.295. The first kappa shape index (κ1) is 21.2. The number of nitrogens with one attached hydrogen (secondary N) is 1. The second-order valence-electron chi connectivity index (χ2n) is 8.25. The van der Waals surface area contributed by atoms with E-state index < -0.39 is 0 Å². The minimum Gasteiger partial charge on any atom is -0.497 e. The van der Waals surface area contributed by atoms with Crippen molar-refractivity contribution >= 4 is 5.91 Å². The smallest absolute Gasteiger partial charge is 0.271 e. The van der Waals surface area contributed by atoms with E-state index in [-0.39, 0.29) is 17.0 Å². The van der Waals surface area contributed by atoms with Crippen molar-refractivity contribution in [2.45, 2.75) is 32.7 Å². The van der Waals surface area contributed by atoms with E-state index >= 15 is 0 Å². The highest BCUT2D eigenvalue weighted by atomic mass is 16.5. The Morgan fingerprint density at radius 1 is 1.19 bits per heavy atom. The van der Waals surface area contributed by atoms with Crippen LogP contribution < -0.4 is 10.1 Å². The van der Waals surface area contributed by atoms with Gasteiger partial charge in [0.15, 0.2) is 11.6 Å². The van der Waals surface area contributed by atoms with Crippen molar-refractivity contribution in [1.29, 1.82) is 0 Å². The number of amides is 1. The lowest BCUT2D eigenvalue weighted by atomic mass is 9.96. The highest BCUT2D eigenvalue weighted by Gasteiger charge is 2.23. The molecule has 164 valence electrons. The fourth-order valence-electron chi connectivity index (χ4n) is 3.02. The number of benzene rings is 1. The van der Waals surface area contributed by atoms with Crippen LogP contribution in [0.3, 0.4) is 0 Å². The fraction of sp³-hybridized carbons (Fsp3) is 0.261. The first-order chi connectivity index (χ1) is 15.3. The number of methoxy groups -OCH3 is 1. The van der Waals surface area contributed by atoms with Crippen molar-refractivity contribution in [1.82, 2.24) is 30.0 Å². The van der Waals surface area contributed by atoms with Crippen LogP contribution in [0, 0.1) is 0 Å². The molecule has 4 aromatic rings. The number of nitrogens with zero attached hydrogens (tertiary/aromatic N) is 5. The summed E-state index contributed by atoms with van der Waals surface area (Å²) < 4.78 is 12.4. The first-order valence-corrected chi connectivity index (χ1v) is 10.1. The molecule has 0 saturated carbocycles. The van der Waals surface area contributed by atoms with Crippen LogP contribution in [0.4, 0.5) is 0 Å². The largest absolute Gasteiger partial charge is 0.497 e. The summed E-state index contributed by atoms with van der Waals surface area (Å²) in [7, 11) is 1.61. The summed E-state index contributed by atoms with van der Waals surface area (Å²) in [4.78, 5) is 25.8. The monoisotopic (exact) mass is 432 g/mol. The molecule has 0 spiro atoms. The van der Waals surface area contributed by atoms with Crippen molar-refractivity contribution in [3.8, 4) is 23.0 Å². The molecule has 9 heteroatoms. The lowest BCUT2D eigenvalue weighted by Gasteiger charge is -2.11. The van der Waals surface area contributed by atoms with Gasteiger partial charge in [-0.3, -0.25) is 9.36 Å². The van der Waals surface area contributed by atoms with E-state index in [4.69, 9.17) is 9.26 Å². The summed E-state index contributed by atoms with van der Waals surface area (Å²) in [6.45, 7) is 6.39. The summed E-state index contributed by atoms with van der Waals surface area (Å²) in [6.07, 6.45) is 4.81. The Morgan fingerprint density at radius 2 is 2.03 bits per heavy atom. The number of hydrogen-bond donors (Lipinski definition) is 1. The molecule has 0 radical (unpaired) electrons. The molecule has 0 bridgehead atoms. The Hall–Kier alpha value is -4.01. The number of carbonyl (C=O) groups is 1. The van der Waals surface area contributed by atoms with Crippen LogP contribution in [0.1, 0.15) is 42.6 Å². The number of carbonyl (C=O) groups excluding carboxylic acids is 1. The highest BCUT2D eigenvalue weighted by Crippen LogP contribution is 2.27. The number of ether oxygens (including phenoxy) is 1. The van der Waals surface area contributed by atoms with Gasteiger partial charge in [0.2, 0.25) is 0 Å². The van der Waals surface area contributed by atoms with Crippen LogP contribution in [0.5, 0.6) is 5.75 Å². The van der Waals surface area contributed by atoms with Gasteiger partial charge in [0.05, 0.1) is 12.7 Å². The predicted molar refractivity (Wildman–Crippen MR) is 118 cm³/mol. The standard InChI is InChI=1S/C23H24N6O3/c1-23(2,3)22-27-21(32-28-22)17-9-6-10-24-19(17)29-13-18(26-14-29)20(30)25-12-15-7-5-8-16(11-15)31-4/h5-11,13-14H,12H2,1-4H3,(H,25,30). The molecule has 3 aromatic heterocycles. The summed E-state index contributed by atoms with van der Waals surface area (Å²) in [6, 6.07) is 11.1. The third kappa shape index (κ3) is 4.51. The van der Waals surface area contributed by atoms with Gasteiger partial charge in [-0.25, -0.2) is 9.97 Å². The molecule has 0 saturated heterocycles. The molecule has 0 aliphatic heterocycles. The number of hydrogen-bond acceptors (Lipinski definition) is 7. The van der Waals surface area contributed by atoms with Crippen molar-refractivity contribution in [2.24, 2.45) is 0 Å². The van der Waals surface area contributed by atoms with Gasteiger partial charge >= 0.3 is 0 Å². The fourth-order valence-corrected chi connectivity index (χ4v) is 3.02. The van der Waals surface area contributed by atoms with Gasteiger partial charge in [-0.05, 0) is 29.8 Å². The SMILES string of the molecule is COc1cccc(CNC(=O)c2cn(-c3ncccc3-c3nc(C(C)(C)C)no3)cn2)c1. The molecule has 1 amide bonds. The molecule has 3 heterocycles. The van der Waals surface area contributed by atoms with E-state index in [1.807, 2.05) is 51.1 Å². The molecule has 0 unspecified atom stereocenters. The molecular weight excluding hydrogens is 408 g/mol. The molecule has 0 aliphatic rings. The molecule has 9 nitrogen and oxygen atoms in total. The van der Waals surface area contributed by atoms with E-state index in [1.54, 1.807) is 30.1 Å². The summed E-state index contributed by atoms with van der Waals surface area (Å²) in [5.74, 6) is 1.94. The van der Waals surface area contributed by atoms with Crippen LogP contribution in [-0.4, -0.2) is 37.7 Å². The van der Waals surface area contributed by atoms with Crippen LogP contribution in [-0.2, 0) is 12.0 Å². The van der Waals surface area contributed by atoms with E-state index in [9.17, 15) is 4.79 Å². The average Bonchev–Trinajstić information content (AvgIpc) is 3.48. The maximum absolute atomic E-state index is 12.6. The Labute approximate surface area is 185 Å². The van der Waals surface area contributed by atoms with Gasteiger partial charge in [0.25, 0.3) is 11.8 Å². The van der Waals surface area contributed by atoms with Gasteiger partial charge in [-0.2, -0.15) is 4.98 Å². The van der Waals surface area contributed by atoms with E-state index in [2.05, 4.69) is 25.4 Å². The molecular formula is C23H24N6O3. The maximum Gasteiger partial charge on any atom is 0.271 e. The molecule has 0 fully saturated rings. The number of rotatable bonds is 6. The van der Waals surface area contributed by atoms with Crippen LogP contribution >= 0.6 is 0 Å². The van der Waals surface area contributed by atoms with Crippen molar-refractivity contribution < 1.29 is 14.1 Å². The normalized spacial score (nSPS) is 11.4. The van der Waals surface area contributed by atoms with Gasteiger partial charge in [0.1, 0.15) is 17.8 Å². The van der Waals surface area contributed by atoms with E-state index in [1.165, 1.54) is 6.33 Å². The molecule has 0 atom stereocenters. The van der Waals surface area contributed by atoms with Gasteiger partial charge < -0.3 is 14.6 Å². The molecule has 32 heavy (non-hydrogen) atoms. The van der Waals surface area contributed by atoms with E-state index in [0.717, 1.165) is 11.3 Å². The lowest BCUT2D eigenvalue weighted by molar-refractivity contribution is 0.0946. The molecule has 1 aromatic carbocycles. The number of imidazole rings is 1. The second kappa shape index (κ2) is 8.62. The Balaban J connectivity index is 1.54. The van der Waals surface area contributed by atoms with Crippen molar-refractivity contribution in [3.05, 3.63) is 72.2 Å². The zero-order valence-corrected chi connectivity index (χ0v) is 18.4. The Morgan fingerprint density at radius 3 is 2.78 bits per heavy atom. The summed E-state index contributed by atoms with van der Waals surface area (Å²) in [5.41, 5.74) is 1.60. The molecule has 0 aliphatic carbocycles. The summed E-state index contributed by atoms with van der Waals surface area (Å²) in [5, 5.41) is 6.95. The van der Waals surface area contributed by atoms with Crippen LogP contribution in [0.2, 0.25) is 0 Å². The second-order valence-corrected chi connectivity index (χ2v) is 8.25. The zero-order chi connectivity index (χ0) is 22.7. The third-order valence-corrected chi connectivity index (χ3v) is 4.76. The number of pyridine rings is 1. The lowest BCUT2D eigenvalue weighted by Crippen LogP contribution is -2.23. The summed E-state index contributed by atoms with van der Waals surface area (Å²) >= 11 is 0. The molecule has 1 N–H and O–H groups in total. The van der Waals surface area contributed by atoms with Gasteiger partial charge in [-0.15, -0.1) is 0 Å².